The Morgan fingerprint density at radius 3 is 2.55 bits per heavy atom. The summed E-state index contributed by atoms with van der Waals surface area (Å²) in [6, 6.07) is 4.14. The van der Waals surface area contributed by atoms with Crippen LogP contribution >= 0.6 is 11.6 Å². The predicted octanol–water partition coefficient (Wildman–Crippen LogP) is 3.12. The van der Waals surface area contributed by atoms with Crippen molar-refractivity contribution in [1.29, 1.82) is 0 Å². The Kier molecular flexibility index (Phi) is 3.38. The van der Waals surface area contributed by atoms with E-state index in [1.165, 1.54) is 24.6 Å². The first-order valence-corrected chi connectivity index (χ1v) is 7.17. The van der Waals surface area contributed by atoms with E-state index in [-0.39, 0.29) is 17.2 Å². The molecule has 2 aliphatic rings. The van der Waals surface area contributed by atoms with Crippen LogP contribution in [0.5, 0.6) is 0 Å². The maximum Gasteiger partial charge on any atom is 0.282 e. The first kappa shape index (κ1) is 13.4. The van der Waals surface area contributed by atoms with E-state index in [4.69, 9.17) is 11.6 Å². The lowest BCUT2D eigenvalue weighted by molar-refractivity contribution is -0.385. The van der Waals surface area contributed by atoms with Crippen LogP contribution in [0.15, 0.2) is 18.2 Å². The maximum absolute atomic E-state index is 12.5. The SMILES string of the molecule is O=C(c1cc(Cl)ccc1[N+](=O)[O-])N1CC2CCCC2C1. The zero-order chi connectivity index (χ0) is 14.3. The molecule has 1 aromatic rings. The van der Waals surface area contributed by atoms with Crippen LogP contribution in [0, 0.1) is 22.0 Å². The number of nitrogens with zero attached hydrogens (tertiary/aromatic N) is 2. The van der Waals surface area contributed by atoms with Gasteiger partial charge in [0.1, 0.15) is 5.56 Å². The molecular weight excluding hydrogens is 280 g/mol. The van der Waals surface area contributed by atoms with E-state index in [0.717, 1.165) is 12.8 Å². The minimum Gasteiger partial charge on any atom is -0.338 e. The number of nitro groups is 1. The van der Waals surface area contributed by atoms with Crippen molar-refractivity contribution in [2.45, 2.75) is 19.3 Å². The van der Waals surface area contributed by atoms with Gasteiger partial charge in [0.25, 0.3) is 11.6 Å². The number of fused-ring (bicyclic) bond motifs is 1. The average Bonchev–Trinajstić information content (AvgIpc) is 2.97. The number of rotatable bonds is 2. The highest BCUT2D eigenvalue weighted by atomic mass is 35.5. The van der Waals surface area contributed by atoms with Gasteiger partial charge < -0.3 is 4.90 Å². The third kappa shape index (κ3) is 2.26. The molecule has 1 saturated carbocycles. The lowest BCUT2D eigenvalue weighted by Gasteiger charge is -2.17. The molecule has 1 aliphatic carbocycles. The molecule has 0 N–H and O–H groups in total. The third-order valence-corrected chi connectivity index (χ3v) is 4.63. The highest BCUT2D eigenvalue weighted by Crippen LogP contribution is 2.38. The van der Waals surface area contributed by atoms with Gasteiger partial charge in [0.05, 0.1) is 4.92 Å². The number of amides is 1. The molecule has 1 heterocycles. The van der Waals surface area contributed by atoms with E-state index in [0.29, 0.717) is 29.9 Å². The van der Waals surface area contributed by atoms with Crippen LogP contribution in [-0.2, 0) is 0 Å². The van der Waals surface area contributed by atoms with Crippen molar-refractivity contribution in [3.8, 4) is 0 Å². The van der Waals surface area contributed by atoms with E-state index in [1.54, 1.807) is 4.90 Å². The van der Waals surface area contributed by atoms with Gasteiger partial charge in [0, 0.05) is 24.2 Å². The Labute approximate surface area is 121 Å². The van der Waals surface area contributed by atoms with Crippen molar-refractivity contribution < 1.29 is 9.72 Å². The van der Waals surface area contributed by atoms with Gasteiger partial charge in [0.2, 0.25) is 0 Å². The summed E-state index contributed by atoms with van der Waals surface area (Å²) in [5.74, 6) is 0.864. The number of nitro benzene ring substituents is 1. The van der Waals surface area contributed by atoms with Gasteiger partial charge in [-0.1, -0.05) is 18.0 Å². The molecule has 1 saturated heterocycles. The number of hydrogen-bond donors (Lipinski definition) is 0. The van der Waals surface area contributed by atoms with Gasteiger partial charge in [-0.25, -0.2) is 0 Å². The Bertz CT molecular complexity index is 564. The summed E-state index contributed by atoms with van der Waals surface area (Å²) in [4.78, 5) is 24.8. The fourth-order valence-electron chi connectivity index (χ4n) is 3.41. The van der Waals surface area contributed by atoms with E-state index in [2.05, 4.69) is 0 Å². The number of halogens is 1. The highest BCUT2D eigenvalue weighted by Gasteiger charge is 2.39. The summed E-state index contributed by atoms with van der Waals surface area (Å²) in [5, 5.41) is 11.4. The Hall–Kier alpha value is -1.62. The van der Waals surface area contributed by atoms with Crippen molar-refractivity contribution in [3.63, 3.8) is 0 Å². The molecule has 3 rings (SSSR count). The summed E-state index contributed by atoms with van der Waals surface area (Å²) >= 11 is 5.87. The van der Waals surface area contributed by atoms with Gasteiger partial charge in [-0.2, -0.15) is 0 Å². The minimum atomic E-state index is -0.527. The first-order valence-electron chi connectivity index (χ1n) is 6.79. The molecular formula is C14H15ClN2O3. The first-order chi connectivity index (χ1) is 9.56. The Morgan fingerprint density at radius 2 is 1.95 bits per heavy atom. The van der Waals surface area contributed by atoms with Crippen LogP contribution < -0.4 is 0 Å². The van der Waals surface area contributed by atoms with E-state index < -0.39 is 4.92 Å². The number of carbonyl (C=O) groups is 1. The van der Waals surface area contributed by atoms with E-state index in [9.17, 15) is 14.9 Å². The van der Waals surface area contributed by atoms with Crippen LogP contribution in [0.1, 0.15) is 29.6 Å². The summed E-state index contributed by atoms with van der Waals surface area (Å²) in [5.41, 5.74) is -0.0704. The molecule has 2 unspecified atom stereocenters. The summed E-state index contributed by atoms with van der Waals surface area (Å²) in [7, 11) is 0. The molecule has 0 bridgehead atoms. The molecule has 6 heteroatoms. The van der Waals surface area contributed by atoms with Crippen LogP contribution in [-0.4, -0.2) is 28.8 Å². The molecule has 0 radical (unpaired) electrons. The third-order valence-electron chi connectivity index (χ3n) is 4.40. The summed E-state index contributed by atoms with van der Waals surface area (Å²) in [6.45, 7) is 1.43. The topological polar surface area (TPSA) is 63.4 Å². The summed E-state index contributed by atoms with van der Waals surface area (Å²) < 4.78 is 0. The van der Waals surface area contributed by atoms with E-state index in [1.807, 2.05) is 0 Å². The number of benzene rings is 1. The maximum atomic E-state index is 12.5. The van der Waals surface area contributed by atoms with Crippen molar-refractivity contribution in [3.05, 3.63) is 38.9 Å². The lowest BCUT2D eigenvalue weighted by atomic mass is 10.0. The largest absolute Gasteiger partial charge is 0.338 e. The van der Waals surface area contributed by atoms with Crippen molar-refractivity contribution in [1.82, 2.24) is 4.90 Å². The fourth-order valence-corrected chi connectivity index (χ4v) is 3.58. The second-order valence-electron chi connectivity index (χ2n) is 5.58. The predicted molar refractivity (Wildman–Crippen MR) is 74.8 cm³/mol. The quantitative estimate of drug-likeness (QED) is 0.622. The Morgan fingerprint density at radius 1 is 1.30 bits per heavy atom. The van der Waals surface area contributed by atoms with Gasteiger partial charge in [-0.15, -0.1) is 0 Å². The van der Waals surface area contributed by atoms with Crippen LogP contribution in [0.25, 0.3) is 0 Å². The monoisotopic (exact) mass is 294 g/mol. The normalized spacial score (nSPS) is 24.8. The molecule has 106 valence electrons. The van der Waals surface area contributed by atoms with Crippen molar-refractivity contribution in [2.75, 3.05) is 13.1 Å². The fraction of sp³-hybridized carbons (Fsp3) is 0.500. The highest BCUT2D eigenvalue weighted by molar-refractivity contribution is 6.31. The molecule has 1 aromatic carbocycles. The standard InChI is InChI=1S/C14H15ClN2O3/c15-11-4-5-13(17(19)20)12(6-11)14(18)16-7-9-2-1-3-10(9)8-16/h4-6,9-10H,1-3,7-8H2. The van der Waals surface area contributed by atoms with Crippen molar-refractivity contribution >= 4 is 23.2 Å². The summed E-state index contributed by atoms with van der Waals surface area (Å²) in [6.07, 6.45) is 3.55. The molecule has 1 aliphatic heterocycles. The van der Waals surface area contributed by atoms with Crippen LogP contribution in [0.4, 0.5) is 5.69 Å². The zero-order valence-electron chi connectivity index (χ0n) is 10.9. The van der Waals surface area contributed by atoms with Gasteiger partial charge in [0.15, 0.2) is 0 Å². The van der Waals surface area contributed by atoms with Crippen molar-refractivity contribution in [2.24, 2.45) is 11.8 Å². The average molecular weight is 295 g/mol. The second kappa shape index (κ2) is 5.05. The molecule has 0 spiro atoms. The molecule has 5 nitrogen and oxygen atoms in total. The molecule has 0 aromatic heterocycles. The van der Waals surface area contributed by atoms with Crippen LogP contribution in [0.3, 0.4) is 0 Å². The van der Waals surface area contributed by atoms with Gasteiger partial charge in [-0.05, 0) is 36.8 Å². The van der Waals surface area contributed by atoms with E-state index >= 15 is 0 Å². The zero-order valence-corrected chi connectivity index (χ0v) is 11.7. The lowest BCUT2D eigenvalue weighted by Crippen LogP contribution is -2.30. The minimum absolute atomic E-state index is 0.0995. The number of carbonyl (C=O) groups excluding carboxylic acids is 1. The second-order valence-corrected chi connectivity index (χ2v) is 6.02. The molecule has 20 heavy (non-hydrogen) atoms. The van der Waals surface area contributed by atoms with Crippen LogP contribution in [0.2, 0.25) is 5.02 Å². The molecule has 2 atom stereocenters. The Balaban J connectivity index is 1.87. The number of hydrogen-bond acceptors (Lipinski definition) is 3. The van der Waals surface area contributed by atoms with Gasteiger partial charge >= 0.3 is 0 Å². The van der Waals surface area contributed by atoms with Gasteiger partial charge in [-0.3, -0.25) is 14.9 Å². The molecule has 1 amide bonds. The number of likely N-dealkylation sites (tertiary alicyclic amines) is 1. The molecule has 2 fully saturated rings. The smallest absolute Gasteiger partial charge is 0.282 e.